The SMILES string of the molecule is CCC(C#N)CC(=O)N(C)C. The van der Waals surface area contributed by atoms with Gasteiger partial charge in [-0.2, -0.15) is 5.26 Å². The summed E-state index contributed by atoms with van der Waals surface area (Å²) in [7, 11) is 3.40. The summed E-state index contributed by atoms with van der Waals surface area (Å²) in [5, 5.41) is 8.54. The third-order valence-electron chi connectivity index (χ3n) is 1.60. The number of rotatable bonds is 3. The first-order valence-electron chi connectivity index (χ1n) is 3.71. The Bertz CT molecular complexity index is 169. The average molecular weight is 154 g/mol. The minimum Gasteiger partial charge on any atom is -0.349 e. The molecule has 0 aromatic heterocycles. The molecule has 1 unspecified atom stereocenters. The molecule has 0 fully saturated rings. The molecule has 0 aliphatic rings. The van der Waals surface area contributed by atoms with Crippen LogP contribution in [0.4, 0.5) is 0 Å². The minimum atomic E-state index is -0.120. The molecule has 0 saturated carbocycles. The number of carbonyl (C=O) groups is 1. The summed E-state index contributed by atoms with van der Waals surface area (Å²) < 4.78 is 0. The molecule has 0 aromatic carbocycles. The van der Waals surface area contributed by atoms with Crippen molar-refractivity contribution in [3.05, 3.63) is 0 Å². The fraction of sp³-hybridized carbons (Fsp3) is 0.750. The van der Waals surface area contributed by atoms with E-state index in [1.54, 1.807) is 14.1 Å². The van der Waals surface area contributed by atoms with Crippen molar-refractivity contribution in [3.63, 3.8) is 0 Å². The zero-order chi connectivity index (χ0) is 8.85. The summed E-state index contributed by atoms with van der Waals surface area (Å²) in [5.74, 6) is -0.0942. The second-order valence-corrected chi connectivity index (χ2v) is 2.73. The van der Waals surface area contributed by atoms with Crippen molar-refractivity contribution in [3.8, 4) is 6.07 Å². The van der Waals surface area contributed by atoms with Gasteiger partial charge in [0.25, 0.3) is 0 Å². The van der Waals surface area contributed by atoms with Crippen LogP contribution in [0.2, 0.25) is 0 Å². The van der Waals surface area contributed by atoms with Gasteiger partial charge in [0.1, 0.15) is 0 Å². The van der Waals surface area contributed by atoms with E-state index in [-0.39, 0.29) is 11.8 Å². The lowest BCUT2D eigenvalue weighted by molar-refractivity contribution is -0.129. The molecule has 3 nitrogen and oxygen atoms in total. The smallest absolute Gasteiger partial charge is 0.223 e. The Balaban J connectivity index is 3.84. The van der Waals surface area contributed by atoms with Crippen molar-refractivity contribution >= 4 is 5.91 Å². The lowest BCUT2D eigenvalue weighted by Crippen LogP contribution is -2.23. The number of nitrogens with zero attached hydrogens (tertiary/aromatic N) is 2. The molecule has 0 radical (unpaired) electrons. The Morgan fingerprint density at radius 2 is 2.18 bits per heavy atom. The van der Waals surface area contributed by atoms with Gasteiger partial charge in [-0.15, -0.1) is 0 Å². The monoisotopic (exact) mass is 154 g/mol. The molecule has 0 bridgehead atoms. The van der Waals surface area contributed by atoms with Gasteiger partial charge in [-0.1, -0.05) is 6.92 Å². The van der Waals surface area contributed by atoms with Crippen LogP contribution in [0, 0.1) is 17.2 Å². The molecule has 0 aliphatic heterocycles. The van der Waals surface area contributed by atoms with Gasteiger partial charge in [0.05, 0.1) is 12.0 Å². The van der Waals surface area contributed by atoms with E-state index in [4.69, 9.17) is 5.26 Å². The van der Waals surface area contributed by atoms with Gasteiger partial charge in [-0.05, 0) is 6.42 Å². The van der Waals surface area contributed by atoms with Gasteiger partial charge in [0.15, 0.2) is 0 Å². The van der Waals surface area contributed by atoms with Crippen molar-refractivity contribution in [2.45, 2.75) is 19.8 Å². The van der Waals surface area contributed by atoms with E-state index < -0.39 is 0 Å². The van der Waals surface area contributed by atoms with E-state index in [1.807, 2.05) is 6.92 Å². The number of hydrogen-bond acceptors (Lipinski definition) is 2. The van der Waals surface area contributed by atoms with Gasteiger partial charge >= 0.3 is 0 Å². The normalized spacial score (nSPS) is 11.8. The number of carbonyl (C=O) groups excluding carboxylic acids is 1. The third-order valence-corrected chi connectivity index (χ3v) is 1.60. The Morgan fingerprint density at radius 1 is 1.64 bits per heavy atom. The Kier molecular flexibility index (Phi) is 4.28. The van der Waals surface area contributed by atoms with Crippen molar-refractivity contribution < 1.29 is 4.79 Å². The van der Waals surface area contributed by atoms with Crippen molar-refractivity contribution in [2.24, 2.45) is 5.92 Å². The molecule has 0 spiro atoms. The van der Waals surface area contributed by atoms with E-state index in [9.17, 15) is 4.79 Å². The summed E-state index contributed by atoms with van der Waals surface area (Å²) in [6.07, 6.45) is 1.09. The molecule has 0 aromatic rings. The van der Waals surface area contributed by atoms with Crippen LogP contribution in [-0.4, -0.2) is 24.9 Å². The van der Waals surface area contributed by atoms with Gasteiger partial charge in [0, 0.05) is 20.5 Å². The fourth-order valence-electron chi connectivity index (χ4n) is 0.675. The van der Waals surface area contributed by atoms with Gasteiger partial charge in [0.2, 0.25) is 5.91 Å². The van der Waals surface area contributed by atoms with Crippen LogP contribution in [0.3, 0.4) is 0 Å². The highest BCUT2D eigenvalue weighted by Crippen LogP contribution is 2.07. The Labute approximate surface area is 67.6 Å². The maximum Gasteiger partial charge on any atom is 0.223 e. The molecule has 0 N–H and O–H groups in total. The van der Waals surface area contributed by atoms with E-state index >= 15 is 0 Å². The Morgan fingerprint density at radius 3 is 2.45 bits per heavy atom. The highest BCUT2D eigenvalue weighted by atomic mass is 16.2. The van der Waals surface area contributed by atoms with Crippen LogP contribution in [0.5, 0.6) is 0 Å². The summed E-state index contributed by atoms with van der Waals surface area (Å²) in [6.45, 7) is 1.91. The molecule has 0 saturated heterocycles. The molecule has 0 heterocycles. The molecule has 0 rings (SSSR count). The second-order valence-electron chi connectivity index (χ2n) is 2.73. The van der Waals surface area contributed by atoms with Crippen molar-refractivity contribution in [2.75, 3.05) is 14.1 Å². The fourth-order valence-corrected chi connectivity index (χ4v) is 0.675. The Hall–Kier alpha value is -1.04. The van der Waals surface area contributed by atoms with E-state index in [1.165, 1.54) is 4.90 Å². The van der Waals surface area contributed by atoms with E-state index in [2.05, 4.69) is 6.07 Å². The lowest BCUT2D eigenvalue weighted by atomic mass is 10.0. The second kappa shape index (κ2) is 4.73. The lowest BCUT2D eigenvalue weighted by Gasteiger charge is -2.11. The number of nitriles is 1. The van der Waals surface area contributed by atoms with Gasteiger partial charge in [-0.3, -0.25) is 4.79 Å². The zero-order valence-electron chi connectivity index (χ0n) is 7.29. The first kappa shape index (κ1) is 9.96. The maximum atomic E-state index is 11.0. The van der Waals surface area contributed by atoms with Crippen molar-refractivity contribution in [1.29, 1.82) is 5.26 Å². The predicted octanol–water partition coefficient (Wildman–Crippen LogP) is 1.01. The van der Waals surface area contributed by atoms with E-state index in [0.29, 0.717) is 6.42 Å². The summed E-state index contributed by atoms with van der Waals surface area (Å²) >= 11 is 0. The van der Waals surface area contributed by atoms with Crippen LogP contribution in [0.15, 0.2) is 0 Å². The highest BCUT2D eigenvalue weighted by molar-refractivity contribution is 5.76. The zero-order valence-corrected chi connectivity index (χ0v) is 7.29. The molecule has 1 atom stereocenters. The number of amides is 1. The third kappa shape index (κ3) is 3.61. The van der Waals surface area contributed by atoms with Crippen LogP contribution < -0.4 is 0 Å². The van der Waals surface area contributed by atoms with Crippen LogP contribution in [0.25, 0.3) is 0 Å². The molecular weight excluding hydrogens is 140 g/mol. The van der Waals surface area contributed by atoms with Crippen LogP contribution >= 0.6 is 0 Å². The first-order valence-corrected chi connectivity index (χ1v) is 3.71. The molecular formula is C8H14N2O. The number of hydrogen-bond donors (Lipinski definition) is 0. The van der Waals surface area contributed by atoms with Crippen LogP contribution in [-0.2, 0) is 4.79 Å². The topological polar surface area (TPSA) is 44.1 Å². The molecule has 62 valence electrons. The molecule has 1 amide bonds. The summed E-state index contributed by atoms with van der Waals surface area (Å²) in [6, 6.07) is 2.09. The van der Waals surface area contributed by atoms with Gasteiger partial charge < -0.3 is 4.90 Å². The van der Waals surface area contributed by atoms with E-state index in [0.717, 1.165) is 6.42 Å². The highest BCUT2D eigenvalue weighted by Gasteiger charge is 2.11. The van der Waals surface area contributed by atoms with Crippen molar-refractivity contribution in [1.82, 2.24) is 4.90 Å². The average Bonchev–Trinajstić information content (AvgIpc) is 1.99. The predicted molar refractivity (Wildman–Crippen MR) is 42.7 cm³/mol. The van der Waals surface area contributed by atoms with Crippen LogP contribution in [0.1, 0.15) is 19.8 Å². The molecule has 0 aliphatic carbocycles. The quantitative estimate of drug-likeness (QED) is 0.609. The summed E-state index contributed by atoms with van der Waals surface area (Å²) in [5.41, 5.74) is 0. The molecule has 3 heteroatoms. The van der Waals surface area contributed by atoms with Gasteiger partial charge in [-0.25, -0.2) is 0 Å². The summed E-state index contributed by atoms with van der Waals surface area (Å²) in [4.78, 5) is 12.6. The minimum absolute atomic E-state index is 0.0263. The standard InChI is InChI=1S/C8H14N2O/c1-4-7(6-9)5-8(11)10(2)3/h7H,4-5H2,1-3H3. The maximum absolute atomic E-state index is 11.0. The molecule has 11 heavy (non-hydrogen) atoms. The largest absolute Gasteiger partial charge is 0.349 e. The first-order chi connectivity index (χ1) is 5.11.